The second-order valence-corrected chi connectivity index (χ2v) is 18.9. The summed E-state index contributed by atoms with van der Waals surface area (Å²) in [5.41, 5.74) is 5.69. The Bertz CT molecular complexity index is 2580. The zero-order chi connectivity index (χ0) is 44.6. The van der Waals surface area contributed by atoms with Crippen molar-refractivity contribution >= 4 is 81.2 Å². The van der Waals surface area contributed by atoms with E-state index < -0.39 is 45.7 Å². The van der Waals surface area contributed by atoms with Crippen LogP contribution < -0.4 is 30.4 Å². The van der Waals surface area contributed by atoms with Crippen molar-refractivity contribution in [2.24, 2.45) is 5.73 Å². The van der Waals surface area contributed by atoms with Gasteiger partial charge in [0.25, 0.3) is 21.0 Å². The van der Waals surface area contributed by atoms with E-state index in [-0.39, 0.29) is 62.5 Å². The quantitative estimate of drug-likeness (QED) is 0.0865. The van der Waals surface area contributed by atoms with Crippen LogP contribution in [0.4, 0.5) is 5.69 Å². The standard InChI is InChI=1S/C15H14Cl2N2O3.C14H13Cl2N5O4S.C5H12NO4P/c1-5-6-21-12-8-11(9(16)7-10(12)17)19-14(20)22-13(18-19)15(2,3)4;1-7-4-5-8(15)12(11(7)16)20-26(22,23)14-18-13-17-9(24-2)6-10(25-3)21(13)19-14;1-11(9,10)3-2-4(6)5(7)8/h1,7-8H,6H2,2-4H3;4-6,20H,1-3H3;4H,2-3,6H2,1H3,(H,7,8)(H,9,10). The molecule has 5 N–H and O–H groups in total. The van der Waals surface area contributed by atoms with Crippen molar-refractivity contribution in [2.75, 3.05) is 38.4 Å². The molecule has 320 valence electrons. The first kappa shape index (κ1) is 48.8. The molecule has 3 heterocycles. The van der Waals surface area contributed by atoms with Crippen molar-refractivity contribution in [1.82, 2.24) is 29.4 Å². The molecular formula is C34H39Cl4N8O11PS. The highest BCUT2D eigenvalue weighted by molar-refractivity contribution is 7.92. The van der Waals surface area contributed by atoms with Crippen LogP contribution in [0.25, 0.3) is 11.5 Å². The molecule has 25 heteroatoms. The number of ether oxygens (including phenoxy) is 3. The predicted octanol–water partition coefficient (Wildman–Crippen LogP) is 5.69. The number of aromatic nitrogens is 6. The SMILES string of the molecule is C#CCOc1cc(-n2nc(C(C)(C)C)oc2=O)c(Cl)cc1Cl.COc1cc(OC)n2nc(S(=O)(=O)Nc3c(Cl)ccc(C)c3Cl)nc2n1.CP(=O)(O)CCC(N)C(=O)O. The zero-order valence-corrected chi connectivity index (χ0v) is 37.1. The molecule has 2 aromatic carbocycles. The highest BCUT2D eigenvalue weighted by Crippen LogP contribution is 2.36. The van der Waals surface area contributed by atoms with Crippen LogP contribution in [0.3, 0.4) is 0 Å². The summed E-state index contributed by atoms with van der Waals surface area (Å²) in [7, 11) is -4.47. The zero-order valence-electron chi connectivity index (χ0n) is 32.4. The molecule has 0 aliphatic rings. The van der Waals surface area contributed by atoms with Crippen LogP contribution in [0, 0.1) is 19.3 Å². The average Bonchev–Trinajstić information content (AvgIpc) is 3.78. The van der Waals surface area contributed by atoms with Gasteiger partial charge in [-0.2, -0.15) is 27.6 Å². The molecule has 5 rings (SSSR count). The molecule has 5 aromatic rings. The minimum absolute atomic E-state index is 0.0111. The van der Waals surface area contributed by atoms with Crippen molar-refractivity contribution in [2.45, 2.75) is 50.7 Å². The number of carboxylic acid groups (broad SMARTS) is 1. The fourth-order valence-corrected chi connectivity index (χ4v) is 7.06. The number of fused-ring (bicyclic) bond motifs is 1. The Balaban J connectivity index is 0.000000256. The molecule has 0 amide bonds. The monoisotopic (exact) mass is 938 g/mol. The van der Waals surface area contributed by atoms with Gasteiger partial charge in [-0.3, -0.25) is 14.1 Å². The topological polar surface area (TPSA) is 266 Å². The number of hydrogen-bond acceptors (Lipinski definition) is 14. The molecule has 2 unspecified atom stereocenters. The lowest BCUT2D eigenvalue weighted by atomic mass is 9.97. The minimum Gasteiger partial charge on any atom is -0.481 e. The molecule has 2 atom stereocenters. The summed E-state index contributed by atoms with van der Waals surface area (Å²) in [6.45, 7) is 8.60. The molecule has 0 aliphatic carbocycles. The van der Waals surface area contributed by atoms with E-state index in [0.29, 0.717) is 22.9 Å². The third kappa shape index (κ3) is 13.2. The average molecular weight is 941 g/mol. The molecule has 19 nitrogen and oxygen atoms in total. The number of aryl methyl sites for hydroxylation is 1. The van der Waals surface area contributed by atoms with E-state index in [2.05, 4.69) is 30.8 Å². The molecule has 3 aromatic heterocycles. The second kappa shape index (κ2) is 20.1. The van der Waals surface area contributed by atoms with Gasteiger partial charge in [0.15, 0.2) is 7.37 Å². The third-order valence-electron chi connectivity index (χ3n) is 7.32. The number of terminal acetylenes is 1. The van der Waals surface area contributed by atoms with Gasteiger partial charge in [0.2, 0.25) is 17.7 Å². The number of aliphatic carboxylic acids is 1. The lowest BCUT2D eigenvalue weighted by Crippen LogP contribution is -2.30. The van der Waals surface area contributed by atoms with Crippen LogP contribution in [0.1, 0.15) is 38.6 Å². The van der Waals surface area contributed by atoms with Crippen molar-refractivity contribution in [1.29, 1.82) is 0 Å². The summed E-state index contributed by atoms with van der Waals surface area (Å²) >= 11 is 24.4. The van der Waals surface area contributed by atoms with Crippen LogP contribution in [0.2, 0.25) is 20.1 Å². The van der Waals surface area contributed by atoms with E-state index in [0.717, 1.165) is 9.20 Å². The number of nitrogens with zero attached hydrogens (tertiary/aromatic N) is 6. The van der Waals surface area contributed by atoms with Crippen LogP contribution >= 0.6 is 53.8 Å². The molecule has 0 saturated carbocycles. The lowest BCUT2D eigenvalue weighted by molar-refractivity contribution is -0.138. The third-order valence-corrected chi connectivity index (χ3v) is 10.9. The Hall–Kier alpha value is -4.58. The van der Waals surface area contributed by atoms with Gasteiger partial charge in [0, 0.05) is 24.3 Å². The summed E-state index contributed by atoms with van der Waals surface area (Å²) in [4.78, 5) is 38.9. The van der Waals surface area contributed by atoms with Crippen LogP contribution in [0.15, 0.2) is 44.7 Å². The van der Waals surface area contributed by atoms with E-state index in [1.54, 1.807) is 13.0 Å². The Morgan fingerprint density at radius 3 is 2.29 bits per heavy atom. The van der Waals surface area contributed by atoms with Crippen LogP contribution in [-0.4, -0.2) is 93.4 Å². The molecule has 0 saturated heterocycles. The maximum atomic E-state index is 12.7. The highest BCUT2D eigenvalue weighted by Gasteiger charge is 2.26. The Morgan fingerprint density at radius 2 is 1.75 bits per heavy atom. The molecule has 0 bridgehead atoms. The van der Waals surface area contributed by atoms with E-state index in [4.69, 9.17) is 87.2 Å². The Kier molecular flexibility index (Phi) is 16.6. The van der Waals surface area contributed by atoms with Crippen molar-refractivity contribution in [3.05, 3.63) is 72.4 Å². The molecule has 0 radical (unpaired) electrons. The highest BCUT2D eigenvalue weighted by atomic mass is 35.5. The number of hydrogen-bond donors (Lipinski definition) is 4. The van der Waals surface area contributed by atoms with Gasteiger partial charge in [-0.05, 0) is 31.0 Å². The summed E-state index contributed by atoms with van der Waals surface area (Å²) in [5.74, 6) is 1.55. The second-order valence-electron chi connectivity index (χ2n) is 13.2. The number of anilines is 1. The Labute approximate surface area is 358 Å². The normalized spacial score (nSPS) is 12.8. The number of nitrogens with one attached hydrogen (secondary N) is 1. The maximum absolute atomic E-state index is 12.7. The van der Waals surface area contributed by atoms with Crippen molar-refractivity contribution in [3.8, 4) is 35.5 Å². The number of halogens is 4. The fourth-order valence-electron chi connectivity index (χ4n) is 4.24. The smallest absolute Gasteiger partial charge is 0.442 e. The number of rotatable bonds is 12. The molecule has 0 fully saturated rings. The Morgan fingerprint density at radius 1 is 1.08 bits per heavy atom. The first-order valence-electron chi connectivity index (χ1n) is 16.6. The predicted molar refractivity (Wildman–Crippen MR) is 222 cm³/mol. The summed E-state index contributed by atoms with van der Waals surface area (Å²) < 4.78 is 61.2. The van der Waals surface area contributed by atoms with Crippen LogP contribution in [0.5, 0.6) is 17.5 Å². The summed E-state index contributed by atoms with van der Waals surface area (Å²) in [6, 6.07) is 6.58. The van der Waals surface area contributed by atoms with Crippen molar-refractivity contribution < 1.29 is 46.4 Å². The molecule has 0 spiro atoms. The van der Waals surface area contributed by atoms with Gasteiger partial charge < -0.3 is 34.4 Å². The summed E-state index contributed by atoms with van der Waals surface area (Å²) in [6.07, 6.45) is 5.15. The van der Waals surface area contributed by atoms with Crippen LogP contribution in [-0.2, 0) is 24.8 Å². The van der Waals surface area contributed by atoms with Gasteiger partial charge >= 0.3 is 11.7 Å². The summed E-state index contributed by atoms with van der Waals surface area (Å²) in [5, 5.41) is 16.7. The van der Waals surface area contributed by atoms with Gasteiger partial charge in [0.1, 0.15) is 18.4 Å². The largest absolute Gasteiger partial charge is 0.481 e. The van der Waals surface area contributed by atoms with E-state index in [1.165, 1.54) is 45.1 Å². The molecule has 59 heavy (non-hydrogen) atoms. The molecule has 0 aliphatic heterocycles. The number of benzene rings is 2. The lowest BCUT2D eigenvalue weighted by Gasteiger charge is -2.11. The number of carbonyl (C=O) groups is 1. The van der Waals surface area contributed by atoms with Gasteiger partial charge in [-0.15, -0.1) is 16.6 Å². The molecular weight excluding hydrogens is 901 g/mol. The van der Waals surface area contributed by atoms with E-state index >= 15 is 0 Å². The van der Waals surface area contributed by atoms with E-state index in [1.807, 2.05) is 20.8 Å². The van der Waals surface area contributed by atoms with E-state index in [9.17, 15) is 22.6 Å². The number of nitrogens with two attached hydrogens (primary N) is 1. The van der Waals surface area contributed by atoms with Gasteiger partial charge in [-0.25, -0.2) is 4.79 Å². The fraction of sp³-hybridized carbons (Fsp3) is 0.353. The van der Waals surface area contributed by atoms with Crippen molar-refractivity contribution in [3.63, 3.8) is 0 Å². The number of methoxy groups -OCH3 is 2. The minimum atomic E-state index is -4.18. The number of carboxylic acids is 1. The first-order chi connectivity index (χ1) is 27.3. The number of sulfonamides is 1. The van der Waals surface area contributed by atoms with Gasteiger partial charge in [0.05, 0.1) is 51.8 Å². The van der Waals surface area contributed by atoms with Gasteiger partial charge in [-0.1, -0.05) is 79.2 Å². The first-order valence-corrected chi connectivity index (χ1v) is 21.9. The maximum Gasteiger partial charge on any atom is 0.442 e.